The van der Waals surface area contributed by atoms with E-state index in [9.17, 15) is 8.42 Å². The number of anilines is 2. The van der Waals surface area contributed by atoms with Crippen molar-refractivity contribution in [1.29, 1.82) is 0 Å². The SMILES string of the molecule is CCc1ccc(S(=O)(=O)Nc2ccc(NCCCOC)cc2)cc1. The van der Waals surface area contributed by atoms with Crippen molar-refractivity contribution in [2.24, 2.45) is 0 Å². The summed E-state index contributed by atoms with van der Waals surface area (Å²) in [5.41, 5.74) is 2.59. The molecule has 24 heavy (non-hydrogen) atoms. The molecule has 0 unspecified atom stereocenters. The Labute approximate surface area is 144 Å². The van der Waals surface area contributed by atoms with Gasteiger partial charge in [-0.3, -0.25) is 4.72 Å². The first-order valence-corrected chi connectivity index (χ1v) is 9.48. The number of nitrogens with one attached hydrogen (secondary N) is 2. The van der Waals surface area contributed by atoms with E-state index in [2.05, 4.69) is 10.0 Å². The van der Waals surface area contributed by atoms with Crippen molar-refractivity contribution in [3.63, 3.8) is 0 Å². The summed E-state index contributed by atoms with van der Waals surface area (Å²) >= 11 is 0. The first-order valence-electron chi connectivity index (χ1n) is 8.00. The van der Waals surface area contributed by atoms with Crippen LogP contribution in [0.5, 0.6) is 0 Å². The number of methoxy groups -OCH3 is 1. The second kappa shape index (κ2) is 8.70. The zero-order valence-corrected chi connectivity index (χ0v) is 14.9. The predicted octanol–water partition coefficient (Wildman–Crippen LogP) is 3.50. The van der Waals surface area contributed by atoms with Gasteiger partial charge in [-0.2, -0.15) is 0 Å². The zero-order chi connectivity index (χ0) is 17.4. The van der Waals surface area contributed by atoms with E-state index in [1.165, 1.54) is 0 Å². The van der Waals surface area contributed by atoms with Gasteiger partial charge in [0, 0.05) is 31.6 Å². The third kappa shape index (κ3) is 5.25. The lowest BCUT2D eigenvalue weighted by molar-refractivity contribution is 0.198. The van der Waals surface area contributed by atoms with Gasteiger partial charge in [0.25, 0.3) is 10.0 Å². The van der Waals surface area contributed by atoms with Gasteiger partial charge >= 0.3 is 0 Å². The molecule has 0 spiro atoms. The summed E-state index contributed by atoms with van der Waals surface area (Å²) in [6.07, 6.45) is 1.80. The number of sulfonamides is 1. The Bertz CT molecular complexity index is 726. The summed E-state index contributed by atoms with van der Waals surface area (Å²) in [4.78, 5) is 0.265. The molecule has 0 aromatic heterocycles. The lowest BCUT2D eigenvalue weighted by Gasteiger charge is -2.10. The van der Waals surface area contributed by atoms with Crippen molar-refractivity contribution in [1.82, 2.24) is 0 Å². The van der Waals surface area contributed by atoms with Crippen molar-refractivity contribution >= 4 is 21.4 Å². The van der Waals surface area contributed by atoms with Gasteiger partial charge in [0.2, 0.25) is 0 Å². The molecule has 2 aromatic rings. The molecule has 0 atom stereocenters. The van der Waals surface area contributed by atoms with E-state index in [0.29, 0.717) is 12.3 Å². The van der Waals surface area contributed by atoms with Crippen LogP contribution in [0.3, 0.4) is 0 Å². The summed E-state index contributed by atoms with van der Waals surface area (Å²) in [6.45, 7) is 3.55. The highest BCUT2D eigenvalue weighted by atomic mass is 32.2. The average molecular weight is 348 g/mol. The average Bonchev–Trinajstić information content (AvgIpc) is 2.60. The first kappa shape index (κ1) is 18.3. The Morgan fingerprint density at radius 2 is 1.58 bits per heavy atom. The van der Waals surface area contributed by atoms with Crippen LogP contribution in [0.1, 0.15) is 18.9 Å². The fourth-order valence-electron chi connectivity index (χ4n) is 2.22. The fraction of sp³-hybridized carbons (Fsp3) is 0.333. The summed E-state index contributed by atoms with van der Waals surface area (Å²) in [7, 11) is -1.89. The van der Waals surface area contributed by atoms with Crippen LogP contribution in [-0.2, 0) is 21.2 Å². The summed E-state index contributed by atoms with van der Waals surface area (Å²) in [6, 6.07) is 14.1. The zero-order valence-electron chi connectivity index (χ0n) is 14.1. The Hall–Kier alpha value is -2.05. The van der Waals surface area contributed by atoms with E-state index in [0.717, 1.165) is 30.6 Å². The molecule has 0 saturated heterocycles. The van der Waals surface area contributed by atoms with E-state index in [-0.39, 0.29) is 4.90 Å². The summed E-state index contributed by atoms with van der Waals surface area (Å²) < 4.78 is 32.4. The molecule has 6 heteroatoms. The maximum Gasteiger partial charge on any atom is 0.261 e. The number of benzene rings is 2. The lowest BCUT2D eigenvalue weighted by atomic mass is 10.2. The molecular weight excluding hydrogens is 324 g/mol. The molecule has 0 aliphatic carbocycles. The highest BCUT2D eigenvalue weighted by Gasteiger charge is 2.13. The van der Waals surface area contributed by atoms with Crippen LogP contribution in [0.2, 0.25) is 0 Å². The molecule has 2 aromatic carbocycles. The Morgan fingerprint density at radius 1 is 0.958 bits per heavy atom. The van der Waals surface area contributed by atoms with Gasteiger partial charge in [0.1, 0.15) is 0 Å². The van der Waals surface area contributed by atoms with Crippen LogP contribution in [0.4, 0.5) is 11.4 Å². The molecule has 2 N–H and O–H groups in total. The van der Waals surface area contributed by atoms with Crippen LogP contribution >= 0.6 is 0 Å². The van der Waals surface area contributed by atoms with Crippen molar-refractivity contribution in [2.75, 3.05) is 30.3 Å². The van der Waals surface area contributed by atoms with Crippen molar-refractivity contribution in [2.45, 2.75) is 24.7 Å². The van der Waals surface area contributed by atoms with E-state index in [1.807, 2.05) is 31.2 Å². The Kier molecular flexibility index (Phi) is 6.63. The molecule has 0 saturated carbocycles. The topological polar surface area (TPSA) is 67.4 Å². The number of aryl methyl sites for hydroxylation is 1. The van der Waals surface area contributed by atoms with Crippen LogP contribution in [-0.4, -0.2) is 28.7 Å². The number of rotatable bonds is 9. The molecule has 0 bridgehead atoms. The molecule has 0 aliphatic heterocycles. The maximum absolute atomic E-state index is 12.4. The molecule has 0 heterocycles. The predicted molar refractivity (Wildman–Crippen MR) is 98.1 cm³/mol. The molecule has 5 nitrogen and oxygen atoms in total. The molecular formula is C18H24N2O3S. The van der Waals surface area contributed by atoms with Gasteiger partial charge in [-0.15, -0.1) is 0 Å². The number of hydrogen-bond donors (Lipinski definition) is 2. The van der Waals surface area contributed by atoms with Crippen LogP contribution < -0.4 is 10.0 Å². The number of hydrogen-bond acceptors (Lipinski definition) is 4. The maximum atomic E-state index is 12.4. The van der Waals surface area contributed by atoms with Crippen LogP contribution in [0, 0.1) is 0 Å². The first-order chi connectivity index (χ1) is 11.5. The Balaban J connectivity index is 1.98. The molecule has 0 aliphatic rings. The van der Waals surface area contributed by atoms with Crippen LogP contribution in [0.15, 0.2) is 53.4 Å². The monoisotopic (exact) mass is 348 g/mol. The summed E-state index contributed by atoms with van der Waals surface area (Å²) in [5, 5.41) is 3.26. The molecule has 0 amide bonds. The normalized spacial score (nSPS) is 11.2. The minimum Gasteiger partial charge on any atom is -0.385 e. The van der Waals surface area contributed by atoms with Gasteiger partial charge in [-0.25, -0.2) is 8.42 Å². The molecule has 0 fully saturated rings. The van der Waals surface area contributed by atoms with Gasteiger partial charge in [-0.05, 0) is 54.8 Å². The van der Waals surface area contributed by atoms with Gasteiger partial charge in [-0.1, -0.05) is 19.1 Å². The number of ether oxygens (including phenoxy) is 1. The summed E-state index contributed by atoms with van der Waals surface area (Å²) in [5.74, 6) is 0. The van der Waals surface area contributed by atoms with Gasteiger partial charge in [0.15, 0.2) is 0 Å². The van der Waals surface area contributed by atoms with E-state index in [1.54, 1.807) is 31.4 Å². The van der Waals surface area contributed by atoms with Crippen molar-refractivity contribution in [3.8, 4) is 0 Å². The highest BCUT2D eigenvalue weighted by molar-refractivity contribution is 7.92. The standard InChI is InChI=1S/C18H24N2O3S/c1-3-15-5-11-18(12-6-15)24(21,22)20-17-9-7-16(8-10-17)19-13-4-14-23-2/h5-12,19-20H,3-4,13-14H2,1-2H3. The van der Waals surface area contributed by atoms with Gasteiger partial charge < -0.3 is 10.1 Å². The third-order valence-electron chi connectivity index (χ3n) is 3.63. The quantitative estimate of drug-likeness (QED) is 0.681. The lowest BCUT2D eigenvalue weighted by Crippen LogP contribution is -2.13. The van der Waals surface area contributed by atoms with E-state index >= 15 is 0 Å². The highest BCUT2D eigenvalue weighted by Crippen LogP contribution is 2.19. The van der Waals surface area contributed by atoms with E-state index in [4.69, 9.17) is 4.74 Å². The molecule has 130 valence electrons. The van der Waals surface area contributed by atoms with Crippen LogP contribution in [0.25, 0.3) is 0 Å². The van der Waals surface area contributed by atoms with E-state index < -0.39 is 10.0 Å². The van der Waals surface area contributed by atoms with Crippen molar-refractivity contribution in [3.05, 3.63) is 54.1 Å². The third-order valence-corrected chi connectivity index (χ3v) is 5.03. The minimum absolute atomic E-state index is 0.265. The molecule has 2 rings (SSSR count). The molecule has 0 radical (unpaired) electrons. The van der Waals surface area contributed by atoms with Crippen molar-refractivity contribution < 1.29 is 13.2 Å². The smallest absolute Gasteiger partial charge is 0.261 e. The Morgan fingerprint density at radius 3 is 2.17 bits per heavy atom. The fourth-order valence-corrected chi connectivity index (χ4v) is 3.28. The second-order valence-corrected chi connectivity index (χ2v) is 7.14. The van der Waals surface area contributed by atoms with Gasteiger partial charge in [0.05, 0.1) is 4.90 Å². The second-order valence-electron chi connectivity index (χ2n) is 5.45. The minimum atomic E-state index is -3.56. The largest absolute Gasteiger partial charge is 0.385 e.